The Morgan fingerprint density at radius 2 is 2.14 bits per heavy atom. The number of aromatic nitrogens is 4. The second kappa shape index (κ2) is 7.84. The van der Waals surface area contributed by atoms with Crippen LogP contribution in [0.3, 0.4) is 0 Å². The average molecular weight is 381 g/mol. The van der Waals surface area contributed by atoms with E-state index in [2.05, 4.69) is 20.4 Å². The van der Waals surface area contributed by atoms with Crippen LogP contribution in [0, 0.1) is 5.92 Å². The first-order chi connectivity index (χ1) is 13.6. The molecule has 3 aromatic rings. The molecule has 1 aliphatic carbocycles. The molecule has 0 unspecified atom stereocenters. The molecule has 0 bridgehead atoms. The van der Waals surface area contributed by atoms with Crippen molar-refractivity contribution >= 4 is 11.7 Å². The van der Waals surface area contributed by atoms with Crippen molar-refractivity contribution in [2.75, 3.05) is 5.32 Å². The van der Waals surface area contributed by atoms with Crippen molar-refractivity contribution in [3.8, 4) is 17.4 Å². The van der Waals surface area contributed by atoms with Gasteiger partial charge in [0, 0.05) is 23.7 Å². The number of nitrogens with zero attached hydrogens (tertiary/aromatic N) is 3. The summed E-state index contributed by atoms with van der Waals surface area (Å²) in [5.41, 5.74) is 0.938. The van der Waals surface area contributed by atoms with Crippen LogP contribution in [0.5, 0.6) is 0 Å². The molecule has 3 heterocycles. The van der Waals surface area contributed by atoms with Gasteiger partial charge in [0.05, 0.1) is 6.26 Å². The Morgan fingerprint density at radius 3 is 2.86 bits per heavy atom. The normalized spacial score (nSPS) is 14.9. The molecule has 28 heavy (non-hydrogen) atoms. The number of anilines is 1. The van der Waals surface area contributed by atoms with Crippen molar-refractivity contribution in [1.82, 2.24) is 19.7 Å². The van der Waals surface area contributed by atoms with Crippen LogP contribution >= 0.6 is 0 Å². The summed E-state index contributed by atoms with van der Waals surface area (Å²) in [5, 5.41) is 7.49. The first-order valence-electron chi connectivity index (χ1n) is 9.69. The van der Waals surface area contributed by atoms with Crippen molar-refractivity contribution < 1.29 is 9.21 Å². The first-order valence-corrected chi connectivity index (χ1v) is 9.69. The van der Waals surface area contributed by atoms with E-state index >= 15 is 0 Å². The Labute approximate surface area is 162 Å². The third-order valence-electron chi connectivity index (χ3n) is 5.06. The first kappa shape index (κ1) is 18.2. The van der Waals surface area contributed by atoms with Crippen LogP contribution in [0.15, 0.2) is 39.7 Å². The molecule has 8 heteroatoms. The highest BCUT2D eigenvalue weighted by molar-refractivity contribution is 5.92. The highest BCUT2D eigenvalue weighted by atomic mass is 16.3. The highest BCUT2D eigenvalue weighted by Gasteiger charge is 2.24. The fraction of sp³-hybridized carbons (Fsp3) is 0.400. The Kier molecular flexibility index (Phi) is 5.10. The summed E-state index contributed by atoms with van der Waals surface area (Å²) >= 11 is 0. The van der Waals surface area contributed by atoms with Crippen molar-refractivity contribution in [1.29, 1.82) is 0 Å². The summed E-state index contributed by atoms with van der Waals surface area (Å²) in [6.07, 6.45) is 7.29. The van der Waals surface area contributed by atoms with Crippen LogP contribution in [0.1, 0.15) is 44.7 Å². The van der Waals surface area contributed by atoms with E-state index in [1.54, 1.807) is 24.5 Å². The lowest BCUT2D eigenvalue weighted by Crippen LogP contribution is -2.26. The van der Waals surface area contributed by atoms with E-state index in [-0.39, 0.29) is 23.3 Å². The fourth-order valence-electron chi connectivity index (χ4n) is 3.54. The lowest BCUT2D eigenvalue weighted by molar-refractivity contribution is -0.120. The summed E-state index contributed by atoms with van der Waals surface area (Å²) in [5.74, 6) is 1.26. The van der Waals surface area contributed by atoms with E-state index < -0.39 is 0 Å². The fourth-order valence-corrected chi connectivity index (χ4v) is 3.54. The van der Waals surface area contributed by atoms with Crippen molar-refractivity contribution in [3.63, 3.8) is 0 Å². The van der Waals surface area contributed by atoms with Crippen LogP contribution in [-0.4, -0.2) is 25.7 Å². The number of carbonyl (C=O) groups excluding carboxylic acids is 1. The van der Waals surface area contributed by atoms with Crippen molar-refractivity contribution in [3.05, 3.63) is 46.6 Å². The number of hydrogen-bond acceptors (Lipinski definition) is 5. The van der Waals surface area contributed by atoms with Gasteiger partial charge in [-0.2, -0.15) is 9.78 Å². The maximum atomic E-state index is 12.8. The van der Waals surface area contributed by atoms with Gasteiger partial charge in [0.2, 0.25) is 11.9 Å². The molecule has 146 valence electrons. The minimum absolute atomic E-state index is 0.00172. The Balaban J connectivity index is 1.72. The monoisotopic (exact) mass is 381 g/mol. The van der Waals surface area contributed by atoms with Gasteiger partial charge in [-0.1, -0.05) is 26.2 Å². The van der Waals surface area contributed by atoms with Gasteiger partial charge >= 0.3 is 0 Å². The lowest BCUT2D eigenvalue weighted by atomic mass is 9.89. The number of H-pyrrole nitrogens is 1. The molecular formula is C20H23N5O3. The number of furan rings is 1. The molecule has 3 aromatic heterocycles. The third kappa shape index (κ3) is 3.76. The largest absolute Gasteiger partial charge is 0.463 e. The second-order valence-electron chi connectivity index (χ2n) is 7.04. The van der Waals surface area contributed by atoms with Crippen LogP contribution in [0.2, 0.25) is 0 Å². The molecule has 0 atom stereocenters. The predicted octanol–water partition coefficient (Wildman–Crippen LogP) is 3.30. The minimum atomic E-state index is -0.263. The average Bonchev–Trinajstić information content (AvgIpc) is 3.38. The molecule has 0 spiro atoms. The van der Waals surface area contributed by atoms with Gasteiger partial charge < -0.3 is 9.73 Å². The molecule has 1 saturated carbocycles. The molecule has 1 aliphatic rings. The third-order valence-corrected chi connectivity index (χ3v) is 5.06. The van der Waals surface area contributed by atoms with Crippen molar-refractivity contribution in [2.45, 2.75) is 45.4 Å². The molecular weight excluding hydrogens is 358 g/mol. The number of carbonyl (C=O) groups is 1. The topological polar surface area (TPSA) is 106 Å². The van der Waals surface area contributed by atoms with Gasteiger partial charge in [-0.15, -0.1) is 0 Å². The zero-order valence-corrected chi connectivity index (χ0v) is 15.8. The number of nitrogens with one attached hydrogen (secondary N) is 2. The Hall–Kier alpha value is -3.16. The smallest absolute Gasteiger partial charge is 0.252 e. The predicted molar refractivity (Wildman–Crippen MR) is 104 cm³/mol. The van der Waals surface area contributed by atoms with Gasteiger partial charge in [0.25, 0.3) is 5.56 Å². The molecule has 1 fully saturated rings. The standard InChI is InChI=1S/C20H23N5O3/c1-2-14-11-18(26)23-20(21-14)25-17(12-15(24-25)16-9-6-10-28-16)22-19(27)13-7-4-3-5-8-13/h6,9-13H,2-5,7-8H2,1H3,(H,22,27)(H,21,23,26). The molecule has 0 saturated heterocycles. The van der Waals surface area contributed by atoms with Gasteiger partial charge in [-0.3, -0.25) is 14.6 Å². The second-order valence-corrected chi connectivity index (χ2v) is 7.04. The van der Waals surface area contributed by atoms with Crippen LogP contribution in [0.25, 0.3) is 17.4 Å². The molecule has 0 aromatic carbocycles. The number of aromatic amines is 1. The molecule has 0 aliphatic heterocycles. The molecule has 2 N–H and O–H groups in total. The van der Waals surface area contributed by atoms with Crippen LogP contribution in [-0.2, 0) is 11.2 Å². The summed E-state index contributed by atoms with van der Waals surface area (Å²) < 4.78 is 6.89. The quantitative estimate of drug-likeness (QED) is 0.705. The van der Waals surface area contributed by atoms with Gasteiger partial charge in [-0.05, 0) is 31.4 Å². The van der Waals surface area contributed by atoms with Gasteiger partial charge in [-0.25, -0.2) is 4.98 Å². The molecule has 0 radical (unpaired) electrons. The lowest BCUT2D eigenvalue weighted by Gasteiger charge is -2.20. The van der Waals surface area contributed by atoms with E-state index in [1.807, 2.05) is 6.92 Å². The van der Waals surface area contributed by atoms with E-state index in [0.717, 1.165) is 25.7 Å². The highest BCUT2D eigenvalue weighted by Crippen LogP contribution is 2.27. The minimum Gasteiger partial charge on any atom is -0.463 e. The zero-order valence-electron chi connectivity index (χ0n) is 15.8. The molecule has 1 amide bonds. The van der Waals surface area contributed by atoms with Crippen LogP contribution in [0.4, 0.5) is 5.82 Å². The summed E-state index contributed by atoms with van der Waals surface area (Å²) in [4.78, 5) is 31.9. The number of aryl methyl sites for hydroxylation is 1. The van der Waals surface area contributed by atoms with E-state index in [1.165, 1.54) is 17.2 Å². The van der Waals surface area contributed by atoms with E-state index in [0.29, 0.717) is 29.4 Å². The summed E-state index contributed by atoms with van der Waals surface area (Å²) in [6.45, 7) is 1.93. The van der Waals surface area contributed by atoms with Gasteiger partial charge in [0.1, 0.15) is 11.5 Å². The number of hydrogen-bond donors (Lipinski definition) is 2. The maximum absolute atomic E-state index is 12.8. The zero-order chi connectivity index (χ0) is 19.5. The van der Waals surface area contributed by atoms with Gasteiger partial charge in [0.15, 0.2) is 5.76 Å². The summed E-state index contributed by atoms with van der Waals surface area (Å²) in [6, 6.07) is 6.75. The van der Waals surface area contributed by atoms with Crippen LogP contribution < -0.4 is 10.9 Å². The van der Waals surface area contributed by atoms with E-state index in [9.17, 15) is 9.59 Å². The summed E-state index contributed by atoms with van der Waals surface area (Å²) in [7, 11) is 0. The Bertz CT molecular complexity index is 1010. The SMILES string of the molecule is CCc1cc(=O)[nH]c(-n2nc(-c3ccco3)cc2NC(=O)C2CCCCC2)n1. The van der Waals surface area contributed by atoms with Crippen molar-refractivity contribution in [2.24, 2.45) is 5.92 Å². The maximum Gasteiger partial charge on any atom is 0.252 e. The molecule has 8 nitrogen and oxygen atoms in total. The molecule has 4 rings (SSSR count). The van der Waals surface area contributed by atoms with E-state index in [4.69, 9.17) is 4.42 Å². The number of amides is 1. The Morgan fingerprint density at radius 1 is 1.32 bits per heavy atom. The number of rotatable bonds is 5.